The molecular formula is C47H27N5OSU. The minimum atomic E-state index is -0.0532. The molecule has 0 spiro atoms. The summed E-state index contributed by atoms with van der Waals surface area (Å²) in [4.78, 5) is 33.7. The normalized spacial score (nSPS) is 11.2. The number of hydrogen-bond acceptors (Lipinski definition) is 6. The Morgan fingerprint density at radius 2 is 1.16 bits per heavy atom. The van der Waals surface area contributed by atoms with Crippen molar-refractivity contribution in [2.75, 3.05) is 0 Å². The molecule has 0 atom stereocenters. The minimum Gasteiger partial charge on any atom is -0.268 e. The van der Waals surface area contributed by atoms with Crippen LogP contribution in [-0.2, 0) is 0 Å². The quantitative estimate of drug-likeness (QED) is 0.155. The van der Waals surface area contributed by atoms with Crippen LogP contribution in [0.4, 0.5) is 0 Å². The number of thiazole rings is 1. The van der Waals surface area contributed by atoms with Gasteiger partial charge in [-0.15, -0.1) is 29.3 Å². The number of fused-ring (bicyclic) bond motifs is 4. The summed E-state index contributed by atoms with van der Waals surface area (Å²) in [5.41, 5.74) is 10.2. The van der Waals surface area contributed by atoms with E-state index in [4.69, 9.17) is 19.9 Å². The summed E-state index contributed by atoms with van der Waals surface area (Å²) in [5.74, 6) is 1.85. The van der Waals surface area contributed by atoms with Gasteiger partial charge in [0, 0.05) is 16.7 Å². The first-order valence-corrected chi connectivity index (χ1v) is 18.3. The van der Waals surface area contributed by atoms with Crippen LogP contribution in [0.2, 0.25) is 0 Å². The molecule has 0 unspecified atom stereocenters. The Hall–Kier alpha value is -6.04. The second-order valence-corrected chi connectivity index (χ2v) is 13.9. The van der Waals surface area contributed by atoms with E-state index >= 15 is 0 Å². The van der Waals surface area contributed by atoms with Gasteiger partial charge in [0.25, 0.3) is 5.56 Å². The summed E-state index contributed by atoms with van der Waals surface area (Å²) in [5, 5.41) is 0.613. The fourth-order valence-corrected chi connectivity index (χ4v) is 7.97. The van der Waals surface area contributed by atoms with E-state index in [2.05, 4.69) is 54.6 Å². The number of hydrogen-bond donors (Lipinski definition) is 0. The molecule has 6 nitrogen and oxygen atoms in total. The van der Waals surface area contributed by atoms with Crippen LogP contribution in [0, 0.1) is 43.2 Å². The molecule has 0 radical (unpaired) electrons. The Bertz CT molecular complexity index is 3030. The summed E-state index contributed by atoms with van der Waals surface area (Å²) in [6.45, 7) is 0. The monoisotopic (exact) mass is 947 g/mol. The second-order valence-electron chi connectivity index (χ2n) is 12.9. The summed E-state index contributed by atoms with van der Waals surface area (Å²) < 4.78 is 2.71. The molecule has 0 bridgehead atoms. The van der Waals surface area contributed by atoms with E-state index in [1.165, 1.54) is 11.3 Å². The van der Waals surface area contributed by atoms with E-state index in [9.17, 15) is 4.79 Å². The van der Waals surface area contributed by atoms with Crippen LogP contribution in [-0.4, -0.2) is 24.3 Å². The number of nitrogens with zero attached hydrogens (tertiary/aromatic N) is 5. The van der Waals surface area contributed by atoms with Crippen molar-refractivity contribution in [1.29, 1.82) is 0 Å². The van der Waals surface area contributed by atoms with Crippen molar-refractivity contribution in [3.8, 4) is 67.5 Å². The third-order valence-corrected chi connectivity index (χ3v) is 10.5. The van der Waals surface area contributed by atoms with Crippen LogP contribution in [0.5, 0.6) is 0 Å². The standard InChI is InChI=1S/C47H27N5OS.U/c53-46-39-23-9-10-24-40(39)48-47-52(46)41-26-25-35(29-42(41)54-47)38-22-8-7-21-37(38)34-19-11-17-32(27-34)33-18-12-20-36(28-33)45-50-43(30-13-3-1-4-14-30)49-44(51-45)31-15-5-2-6-16-31;/h1-18,20,22-29H;/q-2;+2. The fraction of sp³-hybridized carbons (Fsp3) is 0. The molecule has 10 rings (SSSR count). The Labute approximate surface area is 344 Å². The van der Waals surface area contributed by atoms with Crippen molar-refractivity contribution in [2.24, 2.45) is 0 Å². The average Bonchev–Trinajstić information content (AvgIpc) is 3.62. The Morgan fingerprint density at radius 1 is 0.509 bits per heavy atom. The zero-order valence-electron chi connectivity index (χ0n) is 29.1. The van der Waals surface area contributed by atoms with E-state index < -0.39 is 0 Å². The van der Waals surface area contributed by atoms with E-state index in [1.54, 1.807) is 4.40 Å². The van der Waals surface area contributed by atoms with E-state index in [0.717, 1.165) is 60.3 Å². The minimum absolute atomic E-state index is 0. The van der Waals surface area contributed by atoms with Crippen molar-refractivity contribution in [3.05, 3.63) is 186 Å². The molecule has 7 aromatic carbocycles. The van der Waals surface area contributed by atoms with Gasteiger partial charge in [-0.2, -0.15) is 30.3 Å². The van der Waals surface area contributed by atoms with Gasteiger partial charge in [0.05, 0.1) is 21.1 Å². The number of aromatic nitrogens is 5. The number of para-hydroxylation sites is 1. The van der Waals surface area contributed by atoms with Crippen molar-refractivity contribution in [1.82, 2.24) is 24.3 Å². The molecular weight excluding hydrogens is 921 g/mol. The molecule has 55 heavy (non-hydrogen) atoms. The molecule has 0 aliphatic heterocycles. The molecule has 0 aliphatic carbocycles. The van der Waals surface area contributed by atoms with Gasteiger partial charge in [-0.25, -0.2) is 31.1 Å². The maximum atomic E-state index is 13.5. The summed E-state index contributed by atoms with van der Waals surface area (Å²) in [6.07, 6.45) is 0. The first-order valence-electron chi connectivity index (χ1n) is 17.5. The maximum absolute atomic E-state index is 13.5. The summed E-state index contributed by atoms with van der Waals surface area (Å²) >= 11 is 1.52. The van der Waals surface area contributed by atoms with Gasteiger partial charge >= 0.3 is 31.1 Å². The molecule has 10 aromatic rings. The summed E-state index contributed by atoms with van der Waals surface area (Å²) in [7, 11) is 0. The van der Waals surface area contributed by atoms with Gasteiger partial charge in [0.15, 0.2) is 22.4 Å². The number of benzene rings is 7. The third kappa shape index (κ3) is 6.49. The largest absolute Gasteiger partial charge is 2.00 e. The molecule has 3 heterocycles. The zero-order chi connectivity index (χ0) is 36.0. The van der Waals surface area contributed by atoms with Crippen molar-refractivity contribution in [2.45, 2.75) is 0 Å². The van der Waals surface area contributed by atoms with E-state index in [-0.39, 0.29) is 36.7 Å². The van der Waals surface area contributed by atoms with Gasteiger partial charge in [-0.1, -0.05) is 114 Å². The third-order valence-electron chi connectivity index (χ3n) is 9.54. The van der Waals surface area contributed by atoms with Gasteiger partial charge in [-0.3, -0.25) is 9.20 Å². The van der Waals surface area contributed by atoms with Crippen molar-refractivity contribution >= 4 is 37.4 Å². The van der Waals surface area contributed by atoms with Crippen LogP contribution in [0.25, 0.3) is 93.6 Å². The fourth-order valence-electron chi connectivity index (χ4n) is 6.91. The van der Waals surface area contributed by atoms with Crippen molar-refractivity contribution in [3.63, 3.8) is 0 Å². The van der Waals surface area contributed by atoms with Gasteiger partial charge in [0.1, 0.15) is 0 Å². The summed E-state index contributed by atoms with van der Waals surface area (Å²) in [6, 6.07) is 61.2. The van der Waals surface area contributed by atoms with Crippen molar-refractivity contribution < 1.29 is 31.1 Å². The first-order chi connectivity index (χ1) is 26.7. The Morgan fingerprint density at radius 3 is 1.93 bits per heavy atom. The average molecular weight is 948 g/mol. The molecule has 3 aromatic heterocycles. The van der Waals surface area contributed by atoms with Crippen LogP contribution >= 0.6 is 11.3 Å². The van der Waals surface area contributed by atoms with Gasteiger partial charge in [-0.05, 0) is 35.9 Å². The maximum Gasteiger partial charge on any atom is 2.00 e. The molecule has 8 heteroatoms. The molecule has 0 amide bonds. The predicted molar refractivity (Wildman–Crippen MR) is 218 cm³/mol. The van der Waals surface area contributed by atoms with Crippen LogP contribution < -0.4 is 5.56 Å². The zero-order valence-corrected chi connectivity index (χ0v) is 34.1. The SMILES string of the molecule is O=c1c2ccccc2nc2sc3cc(-c4ccc[c-]c4-c4[c-]ccc(-c5cccc(-c6nc(-c7ccccc7)nc(-c7ccccc7)n6)c5)c4)ccc3n12.[U+2]. The van der Waals surface area contributed by atoms with Crippen LogP contribution in [0.3, 0.4) is 0 Å². The Kier molecular flexibility index (Phi) is 9.25. The van der Waals surface area contributed by atoms with E-state index in [0.29, 0.717) is 33.3 Å². The number of rotatable bonds is 6. The molecule has 0 fully saturated rings. The molecule has 0 aliphatic rings. The van der Waals surface area contributed by atoms with Crippen LogP contribution in [0.1, 0.15) is 0 Å². The Balaban J connectivity index is 0.00000397. The van der Waals surface area contributed by atoms with Gasteiger partial charge in [0.2, 0.25) is 0 Å². The predicted octanol–water partition coefficient (Wildman–Crippen LogP) is 10.8. The molecule has 256 valence electrons. The molecule has 0 N–H and O–H groups in total. The first kappa shape index (κ1) is 34.7. The topological polar surface area (TPSA) is 73.0 Å². The van der Waals surface area contributed by atoms with Crippen LogP contribution in [0.15, 0.2) is 169 Å². The smallest absolute Gasteiger partial charge is 0.268 e. The molecule has 0 saturated carbocycles. The van der Waals surface area contributed by atoms with E-state index in [1.807, 2.05) is 121 Å². The second kappa shape index (κ2) is 14.7. The molecule has 0 saturated heterocycles. The van der Waals surface area contributed by atoms with Gasteiger partial charge < -0.3 is 0 Å².